The molecule has 4 aliphatic heterocycles. The second kappa shape index (κ2) is 13.8. The first-order chi connectivity index (χ1) is 26.4. The number of hydrogen-bond acceptors (Lipinski definition) is 10. The van der Waals surface area contributed by atoms with E-state index in [1.807, 2.05) is 64.7 Å². The van der Waals surface area contributed by atoms with Crippen LogP contribution in [0.5, 0.6) is 23.0 Å². The van der Waals surface area contributed by atoms with Crippen LogP contribution in [0.4, 0.5) is 11.4 Å². The van der Waals surface area contributed by atoms with E-state index in [0.29, 0.717) is 82.8 Å². The van der Waals surface area contributed by atoms with Gasteiger partial charge in [-0.15, -0.1) is 0 Å². The topological polar surface area (TPSA) is 128 Å². The van der Waals surface area contributed by atoms with Gasteiger partial charge in [-0.05, 0) is 53.4 Å². The molecule has 6 heterocycles. The van der Waals surface area contributed by atoms with Crippen LogP contribution >= 0.6 is 0 Å². The van der Waals surface area contributed by atoms with Crippen LogP contribution in [0.3, 0.4) is 0 Å². The van der Waals surface area contributed by atoms with E-state index in [2.05, 4.69) is 17.1 Å². The molecule has 0 N–H and O–H groups in total. The van der Waals surface area contributed by atoms with Gasteiger partial charge >= 0.3 is 0 Å². The summed E-state index contributed by atoms with van der Waals surface area (Å²) in [7, 11) is 3.09. The van der Waals surface area contributed by atoms with E-state index in [1.54, 1.807) is 44.7 Å². The number of fused-ring (bicyclic) bond motifs is 6. The van der Waals surface area contributed by atoms with E-state index in [1.165, 1.54) is 5.56 Å². The molecule has 4 aliphatic rings. The first-order valence-electron chi connectivity index (χ1n) is 17.8. The van der Waals surface area contributed by atoms with E-state index in [0.717, 1.165) is 16.8 Å². The molecule has 2 atom stereocenters. The number of hydrogen-bond donors (Lipinski definition) is 0. The summed E-state index contributed by atoms with van der Waals surface area (Å²) in [5.41, 5.74) is 7.69. The SMILES string of the molecule is COc1cc2c(cc1OCc1cccc(COc3cc4c(cc3OC)C(=O)N3Cc5cccnc5C[C@H]3C=N4)n1)N=C[C@@H]1Cc3ccccc3CN1C2=O. The van der Waals surface area contributed by atoms with Gasteiger partial charge in [-0.25, -0.2) is 0 Å². The predicted molar refractivity (Wildman–Crippen MR) is 201 cm³/mol. The number of ether oxygens (including phenoxy) is 4. The third-order valence-corrected chi connectivity index (χ3v) is 10.3. The Balaban J connectivity index is 0.897. The zero-order chi connectivity index (χ0) is 36.8. The Hall–Kier alpha value is -6.56. The second-order valence-electron chi connectivity index (χ2n) is 13.6. The Labute approximate surface area is 311 Å². The Morgan fingerprint density at radius 1 is 0.630 bits per heavy atom. The minimum atomic E-state index is -0.196. The summed E-state index contributed by atoms with van der Waals surface area (Å²) in [4.78, 5) is 49.9. The predicted octanol–water partition coefficient (Wildman–Crippen LogP) is 6.22. The Morgan fingerprint density at radius 2 is 1.19 bits per heavy atom. The molecular weight excluding hydrogens is 684 g/mol. The molecule has 12 heteroatoms. The molecule has 3 aromatic carbocycles. The van der Waals surface area contributed by atoms with Crippen LogP contribution in [-0.4, -0.2) is 70.3 Å². The minimum Gasteiger partial charge on any atom is -0.493 e. The number of methoxy groups -OCH3 is 2. The van der Waals surface area contributed by atoms with Crippen molar-refractivity contribution in [2.45, 2.75) is 51.2 Å². The summed E-state index contributed by atoms with van der Waals surface area (Å²) in [5, 5.41) is 0. The molecule has 270 valence electrons. The maximum Gasteiger partial charge on any atom is 0.257 e. The molecule has 0 aliphatic carbocycles. The van der Waals surface area contributed by atoms with Gasteiger partial charge in [0, 0.05) is 56.0 Å². The van der Waals surface area contributed by atoms with E-state index in [4.69, 9.17) is 33.9 Å². The highest BCUT2D eigenvalue weighted by Gasteiger charge is 2.35. The zero-order valence-electron chi connectivity index (χ0n) is 29.8. The lowest BCUT2D eigenvalue weighted by atomic mass is 9.94. The van der Waals surface area contributed by atoms with Crippen LogP contribution < -0.4 is 18.9 Å². The van der Waals surface area contributed by atoms with Crippen LogP contribution in [0.15, 0.2) is 95.0 Å². The highest BCUT2D eigenvalue weighted by molar-refractivity contribution is 6.04. The highest BCUT2D eigenvalue weighted by atomic mass is 16.5. The second-order valence-corrected chi connectivity index (χ2v) is 13.6. The van der Waals surface area contributed by atoms with E-state index < -0.39 is 0 Å². The minimum absolute atomic E-state index is 0.0925. The fraction of sp³-hybridized carbons (Fsp3) is 0.238. The molecule has 0 saturated heterocycles. The van der Waals surface area contributed by atoms with Crippen molar-refractivity contribution < 1.29 is 28.5 Å². The maximum absolute atomic E-state index is 13.8. The van der Waals surface area contributed by atoms with Crippen molar-refractivity contribution in [2.75, 3.05) is 14.2 Å². The molecule has 0 spiro atoms. The molecule has 0 fully saturated rings. The number of amides is 2. The van der Waals surface area contributed by atoms with Gasteiger partial charge in [0.05, 0.1) is 60.2 Å². The van der Waals surface area contributed by atoms with Crippen molar-refractivity contribution in [2.24, 2.45) is 9.98 Å². The average Bonchev–Trinajstić information content (AvgIpc) is 3.42. The van der Waals surface area contributed by atoms with Crippen molar-refractivity contribution >= 4 is 35.6 Å². The van der Waals surface area contributed by atoms with E-state index in [9.17, 15) is 9.59 Å². The number of pyridine rings is 2. The van der Waals surface area contributed by atoms with Gasteiger partial charge in [-0.3, -0.25) is 29.5 Å². The number of aliphatic imine (C=N–C) groups is 2. The molecule has 2 amide bonds. The van der Waals surface area contributed by atoms with Crippen LogP contribution in [0.25, 0.3) is 0 Å². The van der Waals surface area contributed by atoms with Crippen molar-refractivity contribution in [3.05, 3.63) is 130 Å². The third kappa shape index (κ3) is 6.09. The van der Waals surface area contributed by atoms with Gasteiger partial charge in [0.25, 0.3) is 11.8 Å². The van der Waals surface area contributed by atoms with Gasteiger partial charge in [0.1, 0.15) is 13.2 Å². The highest BCUT2D eigenvalue weighted by Crippen LogP contribution is 2.40. The van der Waals surface area contributed by atoms with Crippen LogP contribution in [0.1, 0.15) is 54.5 Å². The molecule has 12 nitrogen and oxygen atoms in total. The molecule has 9 rings (SSSR count). The fourth-order valence-electron chi connectivity index (χ4n) is 7.50. The fourth-order valence-corrected chi connectivity index (χ4v) is 7.50. The average molecular weight is 721 g/mol. The van der Waals surface area contributed by atoms with Crippen molar-refractivity contribution in [1.82, 2.24) is 19.8 Å². The molecule has 2 aromatic heterocycles. The van der Waals surface area contributed by atoms with Crippen LogP contribution in [-0.2, 0) is 39.1 Å². The summed E-state index contributed by atoms with van der Waals surface area (Å²) < 4.78 is 23.8. The van der Waals surface area contributed by atoms with Crippen molar-refractivity contribution in [1.29, 1.82) is 0 Å². The van der Waals surface area contributed by atoms with Gasteiger partial charge in [0.15, 0.2) is 23.0 Å². The number of rotatable bonds is 8. The zero-order valence-corrected chi connectivity index (χ0v) is 29.8. The first kappa shape index (κ1) is 33.3. The van der Waals surface area contributed by atoms with Crippen LogP contribution in [0.2, 0.25) is 0 Å². The van der Waals surface area contributed by atoms with Crippen LogP contribution in [0, 0.1) is 0 Å². The van der Waals surface area contributed by atoms with Gasteiger partial charge in [0.2, 0.25) is 0 Å². The van der Waals surface area contributed by atoms with Gasteiger partial charge < -0.3 is 28.7 Å². The molecule has 0 radical (unpaired) electrons. The molecule has 0 bridgehead atoms. The molecule has 0 saturated carbocycles. The van der Waals surface area contributed by atoms with Crippen molar-refractivity contribution in [3.8, 4) is 23.0 Å². The number of nitrogens with zero attached hydrogens (tertiary/aromatic N) is 6. The number of carbonyl (C=O) groups is 2. The largest absolute Gasteiger partial charge is 0.493 e. The first-order valence-corrected chi connectivity index (χ1v) is 17.8. The Kier molecular flexibility index (Phi) is 8.49. The standard InChI is InChI=1S/C42H36N6O6/c1-51-37-15-32-35(44-19-30-13-25-7-3-4-8-26(25)21-47(30)41(32)49)17-39(37)53-23-28-10-5-11-29(46-28)24-54-40-18-36-33(16-38(40)52-2)42(50)48-22-27-9-6-12-43-34(27)14-31(48)20-45-36/h3-12,15-20,30-31H,13-14,21-24H2,1-2H3/t30-,31-/m0/s1. The van der Waals surface area contributed by atoms with E-state index in [-0.39, 0.29) is 37.1 Å². The summed E-state index contributed by atoms with van der Waals surface area (Å²) in [5.74, 6) is 1.54. The smallest absolute Gasteiger partial charge is 0.257 e. The number of benzene rings is 3. The van der Waals surface area contributed by atoms with Gasteiger partial charge in [-0.1, -0.05) is 36.4 Å². The van der Waals surface area contributed by atoms with Gasteiger partial charge in [-0.2, -0.15) is 0 Å². The normalized spacial score (nSPS) is 17.9. The van der Waals surface area contributed by atoms with Crippen molar-refractivity contribution in [3.63, 3.8) is 0 Å². The maximum atomic E-state index is 13.8. The lowest BCUT2D eigenvalue weighted by Gasteiger charge is -2.34. The molecular formula is C42H36N6O6. The third-order valence-electron chi connectivity index (χ3n) is 10.3. The Morgan fingerprint density at radius 3 is 1.80 bits per heavy atom. The number of carbonyl (C=O) groups excluding carboxylic acids is 2. The lowest BCUT2D eigenvalue weighted by Crippen LogP contribution is -2.44. The van der Waals surface area contributed by atoms with E-state index >= 15 is 0 Å². The monoisotopic (exact) mass is 720 g/mol. The lowest BCUT2D eigenvalue weighted by molar-refractivity contribution is 0.0695. The Bertz CT molecular complexity index is 2220. The number of aromatic nitrogens is 2. The quantitative estimate of drug-likeness (QED) is 0.185. The molecule has 54 heavy (non-hydrogen) atoms. The molecule has 0 unspecified atom stereocenters. The summed E-state index contributed by atoms with van der Waals surface area (Å²) in [6.45, 7) is 1.26. The summed E-state index contributed by atoms with van der Waals surface area (Å²) in [6, 6.07) is 24.3. The summed E-state index contributed by atoms with van der Waals surface area (Å²) >= 11 is 0. The molecule has 5 aromatic rings. The summed E-state index contributed by atoms with van der Waals surface area (Å²) in [6.07, 6.45) is 6.76.